The fraction of sp³-hybridized carbons (Fsp3) is 0.385. The molecule has 1 aliphatic rings. The Kier molecular flexibility index (Phi) is 8.01. The maximum Gasteiger partial charge on any atom is 0.179 e. The summed E-state index contributed by atoms with van der Waals surface area (Å²) < 4.78 is 41.7. The molecular weight excluding hydrogens is 472 g/mol. The van der Waals surface area contributed by atoms with E-state index in [1.807, 2.05) is 32.1 Å². The van der Waals surface area contributed by atoms with Gasteiger partial charge in [0.05, 0.1) is 25.0 Å². The molecule has 0 bridgehead atoms. The van der Waals surface area contributed by atoms with Crippen LogP contribution in [0.2, 0.25) is 0 Å². The molecule has 0 aliphatic carbocycles. The molecule has 1 N–H and O–H groups in total. The van der Waals surface area contributed by atoms with Crippen LogP contribution < -0.4 is 0 Å². The van der Waals surface area contributed by atoms with Gasteiger partial charge in [-0.15, -0.1) is 11.8 Å². The second-order valence-electron chi connectivity index (χ2n) is 8.84. The summed E-state index contributed by atoms with van der Waals surface area (Å²) in [6.45, 7) is 6.59. The third-order valence-electron chi connectivity index (χ3n) is 6.05. The molecule has 1 fully saturated rings. The summed E-state index contributed by atoms with van der Waals surface area (Å²) in [5.74, 6) is -1.52. The van der Waals surface area contributed by atoms with Crippen molar-refractivity contribution in [3.8, 4) is 0 Å². The Balaban J connectivity index is 1.44. The SMILES string of the molecule is C/C(=C\c1ccc(C)cc1)C1OCC(S[C@H](C)[C@](O)(Cn2cncn2)c2ccc(F)cc2F)CO1. The molecule has 2 heterocycles. The molecule has 0 radical (unpaired) electrons. The van der Waals surface area contributed by atoms with Crippen molar-refractivity contribution < 1.29 is 23.4 Å². The second kappa shape index (κ2) is 11.0. The predicted octanol–water partition coefficient (Wildman–Crippen LogP) is 4.72. The minimum Gasteiger partial charge on any atom is -0.382 e. The first-order valence-electron chi connectivity index (χ1n) is 11.4. The standard InChI is InChI=1S/C26H29F2N3O3S/c1-17-4-6-20(7-5-17)10-18(2)25-33-12-22(13-34-25)35-19(3)26(32,14-31-16-29-15-30-31)23-9-8-21(27)11-24(23)28/h4-11,15-16,19,22,25,32H,12-14H2,1-3H3/b18-10+/t19-,22?,25?,26-/m1/s1. The lowest BCUT2D eigenvalue weighted by molar-refractivity contribution is -0.152. The van der Waals surface area contributed by atoms with Crippen LogP contribution in [0.4, 0.5) is 8.78 Å². The van der Waals surface area contributed by atoms with Crippen molar-refractivity contribution in [1.29, 1.82) is 0 Å². The van der Waals surface area contributed by atoms with Gasteiger partial charge in [0, 0.05) is 16.9 Å². The molecule has 2 atom stereocenters. The van der Waals surface area contributed by atoms with Gasteiger partial charge in [0.15, 0.2) is 6.29 Å². The van der Waals surface area contributed by atoms with Crippen molar-refractivity contribution in [1.82, 2.24) is 14.8 Å². The molecule has 4 rings (SSSR count). The fourth-order valence-electron chi connectivity index (χ4n) is 4.06. The third-order valence-corrected chi connectivity index (χ3v) is 7.50. The Bertz CT molecular complexity index is 1150. The van der Waals surface area contributed by atoms with E-state index in [0.717, 1.165) is 23.3 Å². The topological polar surface area (TPSA) is 69.4 Å². The average molecular weight is 502 g/mol. The van der Waals surface area contributed by atoms with E-state index in [2.05, 4.69) is 22.2 Å². The normalized spacial score (nSPS) is 21.5. The van der Waals surface area contributed by atoms with Gasteiger partial charge in [-0.05, 0) is 31.1 Å². The van der Waals surface area contributed by atoms with Gasteiger partial charge in [-0.3, -0.25) is 0 Å². The predicted molar refractivity (Wildman–Crippen MR) is 132 cm³/mol. The first kappa shape index (κ1) is 25.5. The van der Waals surface area contributed by atoms with Crippen LogP contribution in [0.3, 0.4) is 0 Å². The molecule has 3 aromatic rings. The maximum atomic E-state index is 14.7. The zero-order valence-corrected chi connectivity index (χ0v) is 20.7. The van der Waals surface area contributed by atoms with Gasteiger partial charge in [0.2, 0.25) is 0 Å². The molecule has 6 nitrogen and oxygen atoms in total. The molecule has 0 unspecified atom stereocenters. The molecule has 0 amide bonds. The van der Waals surface area contributed by atoms with Crippen molar-refractivity contribution in [3.05, 3.63) is 89.0 Å². The van der Waals surface area contributed by atoms with E-state index in [4.69, 9.17) is 9.47 Å². The number of rotatable bonds is 8. The highest BCUT2D eigenvalue weighted by Crippen LogP contribution is 2.39. The number of aliphatic hydroxyl groups is 1. The number of hydrogen-bond acceptors (Lipinski definition) is 6. The third kappa shape index (κ3) is 6.16. The zero-order chi connectivity index (χ0) is 25.0. The molecule has 1 aliphatic heterocycles. The van der Waals surface area contributed by atoms with Crippen molar-refractivity contribution in [2.75, 3.05) is 13.2 Å². The number of hydrogen-bond donors (Lipinski definition) is 1. The molecule has 2 aromatic carbocycles. The summed E-state index contributed by atoms with van der Waals surface area (Å²) in [4.78, 5) is 3.91. The zero-order valence-electron chi connectivity index (χ0n) is 19.9. The molecule has 35 heavy (non-hydrogen) atoms. The summed E-state index contributed by atoms with van der Waals surface area (Å²) in [7, 11) is 0. The van der Waals surface area contributed by atoms with Gasteiger partial charge in [-0.2, -0.15) is 5.10 Å². The van der Waals surface area contributed by atoms with E-state index in [1.165, 1.54) is 40.7 Å². The van der Waals surface area contributed by atoms with Gasteiger partial charge in [-0.1, -0.05) is 48.9 Å². The number of aromatic nitrogens is 3. The van der Waals surface area contributed by atoms with Crippen molar-refractivity contribution in [2.24, 2.45) is 0 Å². The van der Waals surface area contributed by atoms with E-state index < -0.39 is 28.8 Å². The van der Waals surface area contributed by atoms with E-state index in [-0.39, 0.29) is 17.4 Å². The Labute approximate surface area is 208 Å². The van der Waals surface area contributed by atoms with Crippen molar-refractivity contribution in [2.45, 2.75) is 49.7 Å². The molecule has 1 saturated heterocycles. The van der Waals surface area contributed by atoms with Crippen LogP contribution in [0.15, 0.2) is 60.7 Å². The summed E-state index contributed by atoms with van der Waals surface area (Å²) in [5.41, 5.74) is 1.56. The second-order valence-corrected chi connectivity index (χ2v) is 10.5. The van der Waals surface area contributed by atoms with Gasteiger partial charge < -0.3 is 14.6 Å². The Hall–Kier alpha value is -2.59. The number of benzene rings is 2. The lowest BCUT2D eigenvalue weighted by Crippen LogP contribution is -2.44. The highest BCUT2D eigenvalue weighted by molar-refractivity contribution is 8.00. The maximum absolute atomic E-state index is 14.7. The monoisotopic (exact) mass is 501 g/mol. The Morgan fingerprint density at radius 3 is 2.57 bits per heavy atom. The van der Waals surface area contributed by atoms with Crippen molar-refractivity contribution in [3.63, 3.8) is 0 Å². The lowest BCUT2D eigenvalue weighted by atomic mass is 9.90. The van der Waals surface area contributed by atoms with Crippen LogP contribution in [0, 0.1) is 18.6 Å². The van der Waals surface area contributed by atoms with Crippen LogP contribution >= 0.6 is 11.8 Å². The number of nitrogens with zero attached hydrogens (tertiary/aromatic N) is 3. The molecule has 0 spiro atoms. The summed E-state index contributed by atoms with van der Waals surface area (Å²) in [6.07, 6.45) is 4.37. The van der Waals surface area contributed by atoms with Crippen LogP contribution in [-0.2, 0) is 21.6 Å². The fourth-order valence-corrected chi connectivity index (χ4v) is 5.37. The molecule has 9 heteroatoms. The van der Waals surface area contributed by atoms with Crippen LogP contribution in [0.25, 0.3) is 6.08 Å². The molecule has 0 saturated carbocycles. The number of halogens is 2. The van der Waals surface area contributed by atoms with Crippen LogP contribution in [0.5, 0.6) is 0 Å². The van der Waals surface area contributed by atoms with E-state index in [9.17, 15) is 13.9 Å². The molecule has 186 valence electrons. The lowest BCUT2D eigenvalue weighted by Gasteiger charge is -2.38. The summed E-state index contributed by atoms with van der Waals surface area (Å²) >= 11 is 1.43. The average Bonchev–Trinajstić information content (AvgIpc) is 3.33. The number of aryl methyl sites for hydroxylation is 1. The smallest absolute Gasteiger partial charge is 0.179 e. The van der Waals surface area contributed by atoms with Crippen LogP contribution in [-0.4, -0.2) is 49.9 Å². The highest BCUT2D eigenvalue weighted by Gasteiger charge is 2.41. The van der Waals surface area contributed by atoms with Crippen molar-refractivity contribution >= 4 is 17.8 Å². The quantitative estimate of drug-likeness (QED) is 0.482. The first-order chi connectivity index (χ1) is 16.7. The molecule has 1 aromatic heterocycles. The minimum atomic E-state index is -1.67. The van der Waals surface area contributed by atoms with Gasteiger partial charge in [0.25, 0.3) is 0 Å². The molecular formula is C26H29F2N3O3S. The largest absolute Gasteiger partial charge is 0.382 e. The van der Waals surface area contributed by atoms with Gasteiger partial charge in [0.1, 0.15) is 29.9 Å². The van der Waals surface area contributed by atoms with Gasteiger partial charge >= 0.3 is 0 Å². The van der Waals surface area contributed by atoms with E-state index in [0.29, 0.717) is 13.2 Å². The van der Waals surface area contributed by atoms with Crippen LogP contribution in [0.1, 0.15) is 30.5 Å². The summed E-state index contributed by atoms with van der Waals surface area (Å²) in [5, 5.41) is 15.2. The van der Waals surface area contributed by atoms with E-state index in [1.54, 1.807) is 6.92 Å². The number of ether oxygens (including phenoxy) is 2. The first-order valence-corrected chi connectivity index (χ1v) is 12.3. The van der Waals surface area contributed by atoms with Gasteiger partial charge in [-0.25, -0.2) is 18.4 Å². The summed E-state index contributed by atoms with van der Waals surface area (Å²) in [6, 6.07) is 11.4. The van der Waals surface area contributed by atoms with E-state index >= 15 is 0 Å². The Morgan fingerprint density at radius 1 is 1.23 bits per heavy atom. The minimum absolute atomic E-state index is 0.00167. The highest BCUT2D eigenvalue weighted by atomic mass is 32.2. The number of thioether (sulfide) groups is 1. The Morgan fingerprint density at radius 2 is 1.94 bits per heavy atom.